The molecule has 0 heterocycles. The normalized spacial score (nSPS) is 9.50. The second-order valence-electron chi connectivity index (χ2n) is 0.293. The SMILES string of the molecule is [Si]C=CI. The Morgan fingerprint density at radius 2 is 2.00 bits per heavy atom. The average Bonchev–Trinajstić information content (AvgIpc) is 1.37. The molecule has 0 aliphatic carbocycles. The van der Waals surface area contributed by atoms with Gasteiger partial charge in [-0.1, -0.05) is 28.3 Å². The highest BCUT2D eigenvalue weighted by Gasteiger charge is 1.38. The van der Waals surface area contributed by atoms with Gasteiger partial charge >= 0.3 is 0 Å². The lowest BCUT2D eigenvalue weighted by Crippen LogP contribution is -1.35. The van der Waals surface area contributed by atoms with Gasteiger partial charge in [-0.15, -0.1) is 0 Å². The minimum atomic E-state index is 1.79. The standard InChI is InChI=1S/C2H2ISi/c3-1-2-4/h1-2H. The van der Waals surface area contributed by atoms with Crippen molar-refractivity contribution >= 4 is 32.8 Å². The van der Waals surface area contributed by atoms with Gasteiger partial charge in [-0.05, 0) is 4.08 Å². The molecule has 0 aliphatic heterocycles. The van der Waals surface area contributed by atoms with E-state index in [0.717, 1.165) is 0 Å². The topological polar surface area (TPSA) is 0 Å². The van der Waals surface area contributed by atoms with Crippen LogP contribution in [0.25, 0.3) is 0 Å². The zero-order valence-corrected chi connectivity index (χ0v) is 5.19. The lowest BCUT2D eigenvalue weighted by atomic mass is 11.3. The first-order valence-corrected chi connectivity index (χ1v) is 2.66. The second kappa shape index (κ2) is 3.69. The third kappa shape index (κ3) is 2.69. The molecule has 0 unspecified atom stereocenters. The molecule has 0 spiro atoms. The quantitative estimate of drug-likeness (QED) is 0.387. The summed E-state index contributed by atoms with van der Waals surface area (Å²) >= 11 is 2.12. The number of hydrogen-bond acceptors (Lipinski definition) is 0. The Morgan fingerprint density at radius 1 is 1.75 bits per heavy atom. The van der Waals surface area contributed by atoms with Gasteiger partial charge in [-0.2, -0.15) is 0 Å². The smallest absolute Gasteiger partial charge is 0.0607 e. The van der Waals surface area contributed by atoms with Gasteiger partial charge in [0, 0.05) is 0 Å². The number of hydrogen-bond donors (Lipinski definition) is 0. The maximum Gasteiger partial charge on any atom is 0.0607 e. The van der Waals surface area contributed by atoms with Gasteiger partial charge in [0.05, 0.1) is 10.2 Å². The Balaban J connectivity index is 2.55. The highest BCUT2D eigenvalue weighted by atomic mass is 127. The first-order chi connectivity index (χ1) is 1.91. The summed E-state index contributed by atoms with van der Waals surface area (Å²) in [6.45, 7) is 0. The predicted molar refractivity (Wildman–Crippen MR) is 28.9 cm³/mol. The highest BCUT2D eigenvalue weighted by molar-refractivity contribution is 14.1. The van der Waals surface area contributed by atoms with Gasteiger partial charge in [0.1, 0.15) is 0 Å². The zero-order valence-electron chi connectivity index (χ0n) is 2.03. The van der Waals surface area contributed by atoms with Crippen LogP contribution in [-0.4, -0.2) is 10.2 Å². The van der Waals surface area contributed by atoms with Crippen LogP contribution in [0.1, 0.15) is 0 Å². The summed E-state index contributed by atoms with van der Waals surface area (Å²) < 4.78 is 1.88. The molecule has 0 saturated heterocycles. The molecule has 0 fully saturated rings. The molecular formula is C2H2ISi. The summed E-state index contributed by atoms with van der Waals surface area (Å²) in [5.41, 5.74) is 1.79. The van der Waals surface area contributed by atoms with Gasteiger partial charge in [0.15, 0.2) is 0 Å². The minimum absolute atomic E-state index is 1.79. The molecule has 0 aliphatic rings. The molecule has 3 radical (unpaired) electrons. The summed E-state index contributed by atoms with van der Waals surface area (Å²) in [6, 6.07) is 0. The third-order valence-corrected chi connectivity index (χ3v) is 1.27. The van der Waals surface area contributed by atoms with Crippen molar-refractivity contribution in [2.24, 2.45) is 0 Å². The highest BCUT2D eigenvalue weighted by Crippen LogP contribution is 1.75. The van der Waals surface area contributed by atoms with E-state index in [1.165, 1.54) is 0 Å². The summed E-state index contributed by atoms with van der Waals surface area (Å²) in [6.07, 6.45) is 0. The molecule has 2 heteroatoms. The Labute approximate surface area is 42.8 Å². The van der Waals surface area contributed by atoms with Crippen LogP contribution in [0.3, 0.4) is 0 Å². The summed E-state index contributed by atoms with van der Waals surface area (Å²) in [5, 5.41) is 0. The van der Waals surface area contributed by atoms with Crippen LogP contribution in [0, 0.1) is 0 Å². The lowest BCUT2D eigenvalue weighted by Gasteiger charge is -1.46. The molecule has 0 bridgehead atoms. The third-order valence-electron chi connectivity index (χ3n) is 0.0630. The summed E-state index contributed by atoms with van der Waals surface area (Å²) in [4.78, 5) is 0. The van der Waals surface area contributed by atoms with Crippen LogP contribution >= 0.6 is 22.6 Å². The van der Waals surface area contributed by atoms with E-state index in [-0.39, 0.29) is 0 Å². The molecule has 0 saturated carbocycles. The fourth-order valence-electron chi connectivity index (χ4n) is 0. The Morgan fingerprint density at radius 3 is 2.00 bits per heavy atom. The largest absolute Gasteiger partial charge is 0.0960 e. The molecule has 0 aromatic heterocycles. The van der Waals surface area contributed by atoms with E-state index in [4.69, 9.17) is 0 Å². The van der Waals surface area contributed by atoms with Crippen molar-refractivity contribution < 1.29 is 0 Å². The maximum absolute atomic E-state index is 3.10. The van der Waals surface area contributed by atoms with Gasteiger partial charge in [-0.25, -0.2) is 0 Å². The molecule has 0 atom stereocenters. The van der Waals surface area contributed by atoms with Gasteiger partial charge in [0.2, 0.25) is 0 Å². The molecule has 0 rings (SSSR count). The fraction of sp³-hybridized carbons (Fsp3) is 0. The van der Waals surface area contributed by atoms with Crippen molar-refractivity contribution in [1.29, 1.82) is 0 Å². The first kappa shape index (κ1) is 4.69. The van der Waals surface area contributed by atoms with E-state index < -0.39 is 0 Å². The van der Waals surface area contributed by atoms with Crippen molar-refractivity contribution in [3.8, 4) is 0 Å². The Kier molecular flexibility index (Phi) is 4.32. The number of halogens is 1. The predicted octanol–water partition coefficient (Wildman–Crippen LogP) is 1.06. The second-order valence-corrected chi connectivity index (χ2v) is 1.35. The van der Waals surface area contributed by atoms with Crippen LogP contribution in [0.4, 0.5) is 0 Å². The molecule has 0 aromatic rings. The maximum atomic E-state index is 3.10. The first-order valence-electron chi connectivity index (χ1n) is 0.840. The van der Waals surface area contributed by atoms with Crippen molar-refractivity contribution in [2.75, 3.05) is 0 Å². The molecule has 0 N–H and O–H groups in total. The van der Waals surface area contributed by atoms with Crippen molar-refractivity contribution in [3.05, 3.63) is 9.78 Å². The molecule has 21 valence electrons. The molecule has 0 amide bonds. The van der Waals surface area contributed by atoms with Crippen LogP contribution < -0.4 is 0 Å². The molecule has 4 heavy (non-hydrogen) atoms. The van der Waals surface area contributed by atoms with E-state index in [2.05, 4.69) is 32.8 Å². The monoisotopic (exact) mass is 181 g/mol. The van der Waals surface area contributed by atoms with Crippen molar-refractivity contribution in [2.45, 2.75) is 0 Å². The average molecular weight is 181 g/mol. The minimum Gasteiger partial charge on any atom is -0.0960 e. The fourth-order valence-corrected chi connectivity index (χ4v) is 0. The number of rotatable bonds is 0. The molecule has 0 nitrogen and oxygen atoms in total. The van der Waals surface area contributed by atoms with Gasteiger partial charge in [-0.3, -0.25) is 0 Å². The molecular weight excluding hydrogens is 179 g/mol. The van der Waals surface area contributed by atoms with Crippen LogP contribution in [-0.2, 0) is 0 Å². The van der Waals surface area contributed by atoms with Crippen molar-refractivity contribution in [1.82, 2.24) is 0 Å². The van der Waals surface area contributed by atoms with Gasteiger partial charge < -0.3 is 0 Å². The van der Waals surface area contributed by atoms with Crippen LogP contribution in [0.2, 0.25) is 0 Å². The van der Waals surface area contributed by atoms with E-state index >= 15 is 0 Å². The van der Waals surface area contributed by atoms with Gasteiger partial charge in [0.25, 0.3) is 0 Å². The van der Waals surface area contributed by atoms with E-state index in [1.54, 1.807) is 5.70 Å². The summed E-state index contributed by atoms with van der Waals surface area (Å²) in [5.74, 6) is 0. The Hall–Kier alpha value is 0.687. The Bertz CT molecular complexity index is 21.2. The van der Waals surface area contributed by atoms with E-state index in [1.807, 2.05) is 4.08 Å². The molecule has 0 aromatic carbocycles. The van der Waals surface area contributed by atoms with E-state index in [9.17, 15) is 0 Å². The van der Waals surface area contributed by atoms with Crippen LogP contribution in [0.15, 0.2) is 9.78 Å². The van der Waals surface area contributed by atoms with Crippen molar-refractivity contribution in [3.63, 3.8) is 0 Å². The lowest BCUT2D eigenvalue weighted by molar-refractivity contribution is 2.60. The van der Waals surface area contributed by atoms with Crippen LogP contribution in [0.5, 0.6) is 0 Å². The summed E-state index contributed by atoms with van der Waals surface area (Å²) in [7, 11) is 3.10. The van der Waals surface area contributed by atoms with E-state index in [0.29, 0.717) is 0 Å². The zero-order chi connectivity index (χ0) is 3.41.